The van der Waals surface area contributed by atoms with Crippen molar-refractivity contribution in [3.05, 3.63) is 0 Å². The summed E-state index contributed by atoms with van der Waals surface area (Å²) in [5, 5.41) is 0.630. The second kappa shape index (κ2) is 11.1. The molecule has 0 aliphatic rings. The maximum atomic E-state index is 9.73. The van der Waals surface area contributed by atoms with Crippen LogP contribution in [-0.2, 0) is 4.74 Å². The number of alkyl halides is 1. The predicted octanol–water partition coefficient (Wildman–Crippen LogP) is 2.78. The predicted molar refractivity (Wildman–Crippen MR) is 42.3 cm³/mol. The monoisotopic (exact) mass is 216 g/mol. The maximum Gasteiger partial charge on any atom is 0.403 e. The molecule has 9 heavy (non-hydrogen) atoms. The van der Waals surface area contributed by atoms with Crippen molar-refractivity contribution in [3.8, 4) is 0 Å². The minimum Gasteiger partial charge on any atom is -0.453 e. The van der Waals surface area contributed by atoms with Crippen molar-refractivity contribution in [1.82, 2.24) is 0 Å². The minimum atomic E-state index is -0.751. The number of rotatable bonds is 2. The number of halogens is 2. The van der Waals surface area contributed by atoms with E-state index in [0.717, 1.165) is 0 Å². The van der Waals surface area contributed by atoms with Crippen LogP contribution in [0, 0.1) is 0 Å². The topological polar surface area (TPSA) is 26.3 Å². The van der Waals surface area contributed by atoms with Crippen molar-refractivity contribution in [2.75, 3.05) is 11.9 Å². The SMILES string of the molecule is CC.O=C(Cl)OCCBr. The zero-order chi connectivity index (χ0) is 7.70. The summed E-state index contributed by atoms with van der Waals surface area (Å²) in [6.07, 6.45) is 0. The lowest BCUT2D eigenvalue weighted by Gasteiger charge is -1.90. The van der Waals surface area contributed by atoms with Gasteiger partial charge in [0, 0.05) is 16.9 Å². The van der Waals surface area contributed by atoms with Gasteiger partial charge in [-0.05, 0) is 0 Å². The van der Waals surface area contributed by atoms with E-state index in [1.54, 1.807) is 0 Å². The lowest BCUT2D eigenvalue weighted by Crippen LogP contribution is -1.95. The normalized spacial score (nSPS) is 7.11. The van der Waals surface area contributed by atoms with Gasteiger partial charge in [0.05, 0.1) is 0 Å². The second-order valence-electron chi connectivity index (χ2n) is 0.775. The van der Waals surface area contributed by atoms with Gasteiger partial charge in [0.15, 0.2) is 0 Å². The highest BCUT2D eigenvalue weighted by molar-refractivity contribution is 9.09. The summed E-state index contributed by atoms with van der Waals surface area (Å²) >= 11 is 7.82. The highest BCUT2D eigenvalue weighted by atomic mass is 79.9. The molecule has 0 aromatic carbocycles. The molecule has 0 heterocycles. The first-order chi connectivity index (χ1) is 4.27. The summed E-state index contributed by atoms with van der Waals surface area (Å²) in [7, 11) is 0. The van der Waals surface area contributed by atoms with Crippen molar-refractivity contribution >= 4 is 33.0 Å². The molecule has 2 nitrogen and oxygen atoms in total. The van der Waals surface area contributed by atoms with Crippen LogP contribution >= 0.6 is 27.5 Å². The van der Waals surface area contributed by atoms with Crippen LogP contribution in [0.25, 0.3) is 0 Å². The Labute approximate surface area is 68.7 Å². The summed E-state index contributed by atoms with van der Waals surface area (Å²) < 4.78 is 4.27. The van der Waals surface area contributed by atoms with Gasteiger partial charge in [0.1, 0.15) is 6.61 Å². The van der Waals surface area contributed by atoms with Gasteiger partial charge in [0.25, 0.3) is 0 Å². The molecule has 4 heteroatoms. The Hall–Kier alpha value is 0.240. The van der Waals surface area contributed by atoms with E-state index in [9.17, 15) is 4.79 Å². The van der Waals surface area contributed by atoms with Crippen molar-refractivity contribution in [2.45, 2.75) is 13.8 Å². The molecule has 0 fully saturated rings. The average molecular weight is 217 g/mol. The summed E-state index contributed by atoms with van der Waals surface area (Å²) in [6.45, 7) is 4.34. The van der Waals surface area contributed by atoms with E-state index in [4.69, 9.17) is 11.6 Å². The Balaban J connectivity index is 0. The molecule has 0 bridgehead atoms. The van der Waals surface area contributed by atoms with Crippen molar-refractivity contribution in [1.29, 1.82) is 0 Å². The third-order valence-electron chi connectivity index (χ3n) is 0.293. The first-order valence-corrected chi connectivity index (χ1v) is 4.15. The number of carbonyl (C=O) groups is 1. The van der Waals surface area contributed by atoms with Crippen LogP contribution in [0.4, 0.5) is 4.79 Å². The third kappa shape index (κ3) is 17.8. The highest BCUT2D eigenvalue weighted by Crippen LogP contribution is 1.87. The fourth-order valence-corrected chi connectivity index (χ4v) is 0.358. The van der Waals surface area contributed by atoms with Crippen molar-refractivity contribution in [3.63, 3.8) is 0 Å². The molecule has 0 saturated carbocycles. The molecule has 56 valence electrons. The third-order valence-corrected chi connectivity index (χ3v) is 0.726. The van der Waals surface area contributed by atoms with Crippen LogP contribution in [0.1, 0.15) is 13.8 Å². The van der Waals surface area contributed by atoms with E-state index in [-0.39, 0.29) is 0 Å². The smallest absolute Gasteiger partial charge is 0.403 e. The summed E-state index contributed by atoms with van der Waals surface area (Å²) in [4.78, 5) is 9.73. The van der Waals surface area contributed by atoms with Crippen LogP contribution < -0.4 is 0 Å². The Morgan fingerprint density at radius 2 is 2.11 bits per heavy atom. The number of hydrogen-bond donors (Lipinski definition) is 0. The molecule has 0 saturated heterocycles. The molecule has 0 N–H and O–H groups in total. The van der Waals surface area contributed by atoms with E-state index in [1.165, 1.54) is 0 Å². The highest BCUT2D eigenvalue weighted by Gasteiger charge is 1.89. The fraction of sp³-hybridized carbons (Fsp3) is 0.800. The number of ether oxygens (including phenoxy) is 1. The van der Waals surface area contributed by atoms with Gasteiger partial charge in [-0.3, -0.25) is 0 Å². The molecular weight excluding hydrogens is 207 g/mol. The Morgan fingerprint density at radius 1 is 1.67 bits per heavy atom. The first kappa shape index (κ1) is 12.0. The summed E-state index contributed by atoms with van der Waals surface area (Å²) in [6, 6.07) is 0. The van der Waals surface area contributed by atoms with Gasteiger partial charge in [-0.1, -0.05) is 29.8 Å². The molecule has 0 aromatic heterocycles. The molecule has 0 rings (SSSR count). The van der Waals surface area contributed by atoms with Crippen LogP contribution in [0.2, 0.25) is 0 Å². The first-order valence-electron chi connectivity index (χ1n) is 2.65. The van der Waals surface area contributed by atoms with Gasteiger partial charge in [0.2, 0.25) is 0 Å². The van der Waals surface area contributed by atoms with Gasteiger partial charge in [-0.15, -0.1) is 0 Å². The molecule has 0 unspecified atom stereocenters. The van der Waals surface area contributed by atoms with Gasteiger partial charge in [-0.2, -0.15) is 0 Å². The van der Waals surface area contributed by atoms with Gasteiger partial charge >= 0.3 is 5.43 Å². The van der Waals surface area contributed by atoms with E-state index in [2.05, 4.69) is 20.7 Å². The maximum absolute atomic E-state index is 9.73. The van der Waals surface area contributed by atoms with E-state index >= 15 is 0 Å². The van der Waals surface area contributed by atoms with Crippen LogP contribution in [0.15, 0.2) is 0 Å². The summed E-state index contributed by atoms with van der Waals surface area (Å²) in [5.74, 6) is 0. The quantitative estimate of drug-likeness (QED) is 0.525. The Bertz CT molecular complexity index is 68.0. The molecule has 0 aromatic rings. The van der Waals surface area contributed by atoms with Crippen molar-refractivity contribution < 1.29 is 9.53 Å². The molecule has 0 radical (unpaired) electrons. The standard InChI is InChI=1S/C3H4BrClO2.C2H6/c4-1-2-7-3(5)6;1-2/h1-2H2;1-2H3. The Kier molecular flexibility index (Phi) is 14.8. The van der Waals surface area contributed by atoms with Crippen LogP contribution in [0.5, 0.6) is 0 Å². The van der Waals surface area contributed by atoms with E-state index < -0.39 is 5.43 Å². The lowest BCUT2D eigenvalue weighted by molar-refractivity contribution is 0.181. The zero-order valence-electron chi connectivity index (χ0n) is 5.49. The Morgan fingerprint density at radius 3 is 2.22 bits per heavy atom. The molecule has 0 spiro atoms. The molecule has 0 aliphatic heterocycles. The van der Waals surface area contributed by atoms with Gasteiger partial charge in [-0.25, -0.2) is 4.79 Å². The summed E-state index contributed by atoms with van der Waals surface area (Å²) in [5.41, 5.74) is -0.751. The zero-order valence-corrected chi connectivity index (χ0v) is 7.83. The van der Waals surface area contributed by atoms with Gasteiger partial charge < -0.3 is 4.74 Å². The molecular formula is C5H10BrClO2. The largest absolute Gasteiger partial charge is 0.453 e. The second-order valence-corrected chi connectivity index (χ2v) is 1.88. The number of hydrogen-bond acceptors (Lipinski definition) is 2. The van der Waals surface area contributed by atoms with E-state index in [1.807, 2.05) is 13.8 Å². The van der Waals surface area contributed by atoms with Crippen LogP contribution in [-0.4, -0.2) is 17.4 Å². The number of carbonyl (C=O) groups excluding carboxylic acids is 1. The van der Waals surface area contributed by atoms with Crippen LogP contribution in [0.3, 0.4) is 0 Å². The fourth-order valence-electron chi connectivity index (χ4n) is 0.119. The molecule has 0 atom stereocenters. The molecule has 0 amide bonds. The lowest BCUT2D eigenvalue weighted by atomic mass is 10.9. The molecule has 0 aliphatic carbocycles. The van der Waals surface area contributed by atoms with E-state index in [0.29, 0.717) is 11.9 Å². The minimum absolute atomic E-state index is 0.336. The average Bonchev–Trinajstić information content (AvgIpc) is 1.88. The van der Waals surface area contributed by atoms with Crippen molar-refractivity contribution in [2.24, 2.45) is 0 Å².